The van der Waals surface area contributed by atoms with Crippen LogP contribution in [0.1, 0.15) is 38.1 Å². The van der Waals surface area contributed by atoms with Crippen LogP contribution in [0.15, 0.2) is 30.5 Å². The minimum Gasteiger partial charge on any atom is -0.383 e. The van der Waals surface area contributed by atoms with Gasteiger partial charge in [0.2, 0.25) is 0 Å². The molecule has 2 aromatic rings. The fourth-order valence-electron chi connectivity index (χ4n) is 1.89. The van der Waals surface area contributed by atoms with Gasteiger partial charge in [-0.15, -0.1) is 0 Å². The first kappa shape index (κ1) is 14.3. The molecule has 0 aliphatic rings. The smallest absolute Gasteiger partial charge is 0.253 e. The standard InChI is InChI=1S/C16H21N3O/c1-10(16(2,3)4)19-15(20)13-9-18-14(17)12-8-6-5-7-11(12)13/h5-10H,1-4H3,(H2,17,18)(H,19,20). The maximum atomic E-state index is 12.4. The second-order valence-electron chi connectivity index (χ2n) is 6.16. The number of rotatable bonds is 2. The normalized spacial score (nSPS) is 13.2. The number of hydrogen-bond donors (Lipinski definition) is 2. The van der Waals surface area contributed by atoms with Gasteiger partial charge in [-0.2, -0.15) is 0 Å². The number of nitrogen functional groups attached to an aromatic ring is 1. The number of benzene rings is 1. The van der Waals surface area contributed by atoms with Gasteiger partial charge in [0.1, 0.15) is 5.82 Å². The topological polar surface area (TPSA) is 68.0 Å². The van der Waals surface area contributed by atoms with E-state index in [1.165, 1.54) is 0 Å². The summed E-state index contributed by atoms with van der Waals surface area (Å²) in [5.41, 5.74) is 6.42. The van der Waals surface area contributed by atoms with Crippen LogP contribution in [0.2, 0.25) is 0 Å². The van der Waals surface area contributed by atoms with E-state index in [9.17, 15) is 4.79 Å². The lowest BCUT2D eigenvalue weighted by atomic mass is 9.88. The molecule has 106 valence electrons. The number of carbonyl (C=O) groups is 1. The Morgan fingerprint density at radius 2 is 1.85 bits per heavy atom. The number of hydrogen-bond acceptors (Lipinski definition) is 3. The van der Waals surface area contributed by atoms with E-state index in [0.29, 0.717) is 11.4 Å². The molecule has 1 aromatic heterocycles. The molecule has 0 aliphatic carbocycles. The highest BCUT2D eigenvalue weighted by Gasteiger charge is 2.23. The van der Waals surface area contributed by atoms with Gasteiger partial charge in [-0.3, -0.25) is 4.79 Å². The van der Waals surface area contributed by atoms with Gasteiger partial charge in [-0.05, 0) is 17.7 Å². The van der Waals surface area contributed by atoms with E-state index >= 15 is 0 Å². The Bertz CT molecular complexity index is 644. The largest absolute Gasteiger partial charge is 0.383 e. The SMILES string of the molecule is CC(NC(=O)c1cnc(N)c2ccccc12)C(C)(C)C. The summed E-state index contributed by atoms with van der Waals surface area (Å²) in [7, 11) is 0. The Labute approximate surface area is 119 Å². The second-order valence-corrected chi connectivity index (χ2v) is 6.16. The van der Waals surface area contributed by atoms with Crippen molar-refractivity contribution in [3.8, 4) is 0 Å². The van der Waals surface area contributed by atoms with Crippen LogP contribution in [0.3, 0.4) is 0 Å². The van der Waals surface area contributed by atoms with E-state index in [1.807, 2.05) is 31.2 Å². The zero-order chi connectivity index (χ0) is 14.9. The minimum absolute atomic E-state index is 0.00665. The maximum absolute atomic E-state index is 12.4. The molecule has 0 saturated carbocycles. The molecule has 1 aromatic carbocycles. The molecule has 0 aliphatic heterocycles. The molecule has 20 heavy (non-hydrogen) atoms. The number of aromatic nitrogens is 1. The molecule has 0 saturated heterocycles. The van der Waals surface area contributed by atoms with Crippen LogP contribution < -0.4 is 11.1 Å². The van der Waals surface area contributed by atoms with Gasteiger partial charge >= 0.3 is 0 Å². The molecule has 1 atom stereocenters. The van der Waals surface area contributed by atoms with Gasteiger partial charge in [-0.1, -0.05) is 45.0 Å². The van der Waals surface area contributed by atoms with E-state index in [0.717, 1.165) is 10.8 Å². The summed E-state index contributed by atoms with van der Waals surface area (Å²) in [5, 5.41) is 4.67. The summed E-state index contributed by atoms with van der Waals surface area (Å²) in [6.45, 7) is 8.29. The fourth-order valence-corrected chi connectivity index (χ4v) is 1.89. The van der Waals surface area contributed by atoms with Crippen LogP contribution in [0.4, 0.5) is 5.82 Å². The third-order valence-electron chi connectivity index (χ3n) is 3.72. The number of fused-ring (bicyclic) bond motifs is 1. The molecule has 1 heterocycles. The first-order chi connectivity index (χ1) is 9.30. The number of pyridine rings is 1. The lowest BCUT2D eigenvalue weighted by Gasteiger charge is -2.28. The molecular weight excluding hydrogens is 250 g/mol. The maximum Gasteiger partial charge on any atom is 0.253 e. The van der Waals surface area contributed by atoms with Gasteiger partial charge in [0.25, 0.3) is 5.91 Å². The second kappa shape index (κ2) is 5.12. The van der Waals surface area contributed by atoms with E-state index in [2.05, 4.69) is 31.1 Å². The third kappa shape index (κ3) is 2.74. The molecule has 3 N–H and O–H groups in total. The highest BCUT2D eigenvalue weighted by molar-refractivity contribution is 6.09. The molecule has 4 heteroatoms. The number of amides is 1. The van der Waals surface area contributed by atoms with Crippen molar-refractivity contribution in [2.75, 3.05) is 5.73 Å². The Kier molecular flexibility index (Phi) is 3.66. The molecular formula is C16H21N3O. The number of nitrogens with two attached hydrogens (primary N) is 1. The van der Waals surface area contributed by atoms with Crippen molar-refractivity contribution >= 4 is 22.5 Å². The molecule has 4 nitrogen and oxygen atoms in total. The zero-order valence-electron chi connectivity index (χ0n) is 12.4. The summed E-state index contributed by atoms with van der Waals surface area (Å²) in [4.78, 5) is 16.5. The van der Waals surface area contributed by atoms with Crippen molar-refractivity contribution in [3.63, 3.8) is 0 Å². The molecule has 0 fully saturated rings. The zero-order valence-corrected chi connectivity index (χ0v) is 12.4. The van der Waals surface area contributed by atoms with Crippen LogP contribution in [-0.2, 0) is 0 Å². The van der Waals surface area contributed by atoms with E-state index in [-0.39, 0.29) is 17.4 Å². The van der Waals surface area contributed by atoms with Gasteiger partial charge < -0.3 is 11.1 Å². The van der Waals surface area contributed by atoms with Crippen LogP contribution in [0.25, 0.3) is 10.8 Å². The molecule has 0 bridgehead atoms. The Balaban J connectivity index is 2.39. The molecule has 1 unspecified atom stereocenters. The first-order valence-electron chi connectivity index (χ1n) is 6.75. The van der Waals surface area contributed by atoms with E-state index in [4.69, 9.17) is 5.73 Å². The van der Waals surface area contributed by atoms with E-state index in [1.54, 1.807) is 6.20 Å². The van der Waals surface area contributed by atoms with Crippen molar-refractivity contribution < 1.29 is 4.79 Å². The van der Waals surface area contributed by atoms with Crippen LogP contribution in [0, 0.1) is 5.41 Å². The summed E-state index contributed by atoms with van der Waals surface area (Å²) >= 11 is 0. The molecule has 2 rings (SSSR count). The average molecular weight is 271 g/mol. The fraction of sp³-hybridized carbons (Fsp3) is 0.375. The monoisotopic (exact) mass is 271 g/mol. The Morgan fingerprint density at radius 3 is 2.45 bits per heavy atom. The minimum atomic E-state index is -0.115. The van der Waals surface area contributed by atoms with Crippen molar-refractivity contribution in [3.05, 3.63) is 36.0 Å². The lowest BCUT2D eigenvalue weighted by Crippen LogP contribution is -2.41. The van der Waals surface area contributed by atoms with Crippen LogP contribution in [-0.4, -0.2) is 16.9 Å². The van der Waals surface area contributed by atoms with Gasteiger partial charge in [-0.25, -0.2) is 4.98 Å². The highest BCUT2D eigenvalue weighted by Crippen LogP contribution is 2.23. The summed E-state index contributed by atoms with van der Waals surface area (Å²) in [6, 6.07) is 7.61. The van der Waals surface area contributed by atoms with Gasteiger partial charge in [0.05, 0.1) is 5.56 Å². The number of carbonyl (C=O) groups excluding carboxylic acids is 1. The first-order valence-corrected chi connectivity index (χ1v) is 6.75. The lowest BCUT2D eigenvalue weighted by molar-refractivity contribution is 0.0911. The Morgan fingerprint density at radius 1 is 1.25 bits per heavy atom. The third-order valence-corrected chi connectivity index (χ3v) is 3.72. The number of nitrogens with one attached hydrogen (secondary N) is 1. The van der Waals surface area contributed by atoms with Gasteiger partial charge in [0, 0.05) is 17.6 Å². The Hall–Kier alpha value is -2.10. The highest BCUT2D eigenvalue weighted by atomic mass is 16.1. The quantitative estimate of drug-likeness (QED) is 0.882. The van der Waals surface area contributed by atoms with Crippen molar-refractivity contribution in [2.45, 2.75) is 33.7 Å². The van der Waals surface area contributed by atoms with Crippen molar-refractivity contribution in [1.29, 1.82) is 0 Å². The van der Waals surface area contributed by atoms with Crippen LogP contribution in [0.5, 0.6) is 0 Å². The summed E-state index contributed by atoms with van der Waals surface area (Å²) in [6.07, 6.45) is 1.54. The summed E-state index contributed by atoms with van der Waals surface area (Å²) < 4.78 is 0. The van der Waals surface area contributed by atoms with Crippen molar-refractivity contribution in [1.82, 2.24) is 10.3 Å². The van der Waals surface area contributed by atoms with Crippen molar-refractivity contribution in [2.24, 2.45) is 5.41 Å². The molecule has 1 amide bonds. The predicted molar refractivity (Wildman–Crippen MR) is 82.5 cm³/mol. The molecule has 0 spiro atoms. The number of anilines is 1. The predicted octanol–water partition coefficient (Wildman–Crippen LogP) is 2.98. The van der Waals surface area contributed by atoms with E-state index < -0.39 is 0 Å². The van der Waals surface area contributed by atoms with Crippen LogP contribution >= 0.6 is 0 Å². The van der Waals surface area contributed by atoms with Gasteiger partial charge in [0.15, 0.2) is 0 Å². The molecule has 0 radical (unpaired) electrons. The average Bonchev–Trinajstić information content (AvgIpc) is 2.38. The summed E-state index contributed by atoms with van der Waals surface area (Å²) in [5.74, 6) is 0.331. The number of nitrogens with zero attached hydrogens (tertiary/aromatic N) is 1.